The number of pyridine rings is 1. The third-order valence-corrected chi connectivity index (χ3v) is 6.51. The maximum Gasteiger partial charge on any atom is 0.221 e. The first-order chi connectivity index (χ1) is 19.0. The number of fused-ring (bicyclic) bond motifs is 1. The molecule has 9 heteroatoms. The van der Waals surface area contributed by atoms with E-state index < -0.39 is 5.91 Å². The van der Waals surface area contributed by atoms with Crippen LogP contribution in [0.2, 0.25) is 0 Å². The van der Waals surface area contributed by atoms with E-state index in [2.05, 4.69) is 50.3 Å². The van der Waals surface area contributed by atoms with Crippen LogP contribution in [0.25, 0.3) is 10.9 Å². The van der Waals surface area contributed by atoms with Crippen LogP contribution in [-0.2, 0) is 30.7 Å². The highest BCUT2D eigenvalue weighted by molar-refractivity contribution is 5.98. The quantitative estimate of drug-likeness (QED) is 0.190. The molecule has 0 aliphatic carbocycles. The minimum Gasteiger partial charge on any atom is -0.490 e. The molecule has 0 spiro atoms. The number of nitrogens with two attached hydrogens (primary N) is 1. The van der Waals surface area contributed by atoms with Gasteiger partial charge < -0.3 is 30.4 Å². The predicted octanol–water partition coefficient (Wildman–Crippen LogP) is 4.74. The number of hydrogen-bond donors (Lipinski definition) is 3. The zero-order chi connectivity index (χ0) is 27.6. The van der Waals surface area contributed by atoms with Gasteiger partial charge >= 0.3 is 0 Å². The van der Waals surface area contributed by atoms with Crippen LogP contribution < -0.4 is 25.8 Å². The van der Waals surface area contributed by atoms with Crippen molar-refractivity contribution in [2.24, 2.45) is 5.73 Å². The number of nitrogens with one attached hydrogen (secondary N) is 2. The topological polar surface area (TPSA) is 116 Å². The summed E-state index contributed by atoms with van der Waals surface area (Å²) in [6, 6.07) is 10.1. The van der Waals surface area contributed by atoms with Crippen LogP contribution in [0.3, 0.4) is 0 Å². The average molecular weight is 531 g/mol. The number of aryl methyl sites for hydroxylation is 1. The summed E-state index contributed by atoms with van der Waals surface area (Å²) in [5.41, 5.74) is 11.3. The van der Waals surface area contributed by atoms with Crippen LogP contribution in [-0.4, -0.2) is 40.2 Å². The Morgan fingerprint density at radius 3 is 2.56 bits per heavy atom. The van der Waals surface area contributed by atoms with Gasteiger partial charge in [0.25, 0.3) is 0 Å². The number of nitrogens with zero attached hydrogens (tertiary/aromatic N) is 3. The Hall–Kier alpha value is -4.11. The Kier molecular flexibility index (Phi) is 9.74. The van der Waals surface area contributed by atoms with E-state index in [-0.39, 0.29) is 6.42 Å². The molecule has 9 nitrogen and oxygen atoms in total. The van der Waals surface area contributed by atoms with Crippen molar-refractivity contribution >= 4 is 28.2 Å². The Labute approximate surface area is 229 Å². The molecule has 0 aliphatic heterocycles. The van der Waals surface area contributed by atoms with Crippen LogP contribution in [0.4, 0.5) is 11.4 Å². The summed E-state index contributed by atoms with van der Waals surface area (Å²) < 4.78 is 13.8. The second kappa shape index (κ2) is 13.6. The lowest BCUT2D eigenvalue weighted by Gasteiger charge is -2.20. The number of rotatable bonds is 15. The molecule has 1 amide bonds. The average Bonchev–Trinajstić information content (AvgIpc) is 3.44. The Morgan fingerprint density at radius 2 is 1.87 bits per heavy atom. The van der Waals surface area contributed by atoms with E-state index in [9.17, 15) is 4.79 Å². The van der Waals surface area contributed by atoms with Crippen LogP contribution in [0, 0.1) is 0 Å². The van der Waals surface area contributed by atoms with E-state index >= 15 is 0 Å². The molecule has 0 saturated heterocycles. The van der Waals surface area contributed by atoms with E-state index in [0.29, 0.717) is 24.7 Å². The van der Waals surface area contributed by atoms with E-state index in [1.807, 2.05) is 38.5 Å². The fraction of sp³-hybridized carbons (Fsp3) is 0.367. The van der Waals surface area contributed by atoms with Gasteiger partial charge in [-0.25, -0.2) is 4.98 Å². The van der Waals surface area contributed by atoms with Crippen molar-refractivity contribution in [1.29, 1.82) is 0 Å². The molecule has 4 rings (SSSR count). The summed E-state index contributed by atoms with van der Waals surface area (Å²) in [6.45, 7) is 9.64. The molecule has 0 aliphatic rings. The Morgan fingerprint density at radius 1 is 1.08 bits per heavy atom. The summed E-state index contributed by atoms with van der Waals surface area (Å²) >= 11 is 0. The zero-order valence-electron chi connectivity index (χ0n) is 23.0. The van der Waals surface area contributed by atoms with Crippen LogP contribution >= 0.6 is 0 Å². The van der Waals surface area contributed by atoms with Crippen molar-refractivity contribution in [3.8, 4) is 11.5 Å². The number of carbonyl (C=O) groups is 1. The maximum absolute atomic E-state index is 12.0. The third-order valence-electron chi connectivity index (χ3n) is 6.51. The van der Waals surface area contributed by atoms with E-state index in [0.717, 1.165) is 60.3 Å². The van der Waals surface area contributed by atoms with E-state index in [1.165, 1.54) is 11.1 Å². The standard InChI is InChI=1S/C30H38N6O3/c1-4-23-21(18-32-11-8-13-36-14-12-33-20-36)9-7-10-25(23)35-30-22(15-29(31)37)19-34-26-17-28(39-6-3)27(38-5-2)16-24(26)30/h7,9-10,12,14,16-17,19-20,32H,4-6,8,11,13,15,18H2,1-3H3,(H2,31,37)(H,34,35). The van der Waals surface area contributed by atoms with Crippen molar-refractivity contribution < 1.29 is 14.3 Å². The summed E-state index contributed by atoms with van der Waals surface area (Å²) in [5.74, 6) is 0.861. The summed E-state index contributed by atoms with van der Waals surface area (Å²) in [5, 5.41) is 8.05. The molecule has 4 aromatic rings. The Bertz CT molecular complexity index is 1390. The number of aromatic nitrogens is 3. The van der Waals surface area contributed by atoms with Gasteiger partial charge in [0.1, 0.15) is 0 Å². The number of benzene rings is 2. The zero-order valence-corrected chi connectivity index (χ0v) is 23.0. The molecule has 0 saturated carbocycles. The predicted molar refractivity (Wildman–Crippen MR) is 155 cm³/mol. The van der Waals surface area contributed by atoms with Crippen LogP contribution in [0.5, 0.6) is 11.5 Å². The van der Waals surface area contributed by atoms with Crippen LogP contribution in [0.1, 0.15) is 43.9 Å². The van der Waals surface area contributed by atoms with Gasteiger partial charge in [0.15, 0.2) is 11.5 Å². The van der Waals surface area contributed by atoms with Gasteiger partial charge in [-0.2, -0.15) is 0 Å². The largest absolute Gasteiger partial charge is 0.490 e. The smallest absolute Gasteiger partial charge is 0.221 e. The highest BCUT2D eigenvalue weighted by Gasteiger charge is 2.17. The van der Waals surface area contributed by atoms with Gasteiger partial charge in [-0.15, -0.1) is 0 Å². The Balaban J connectivity index is 1.64. The van der Waals surface area contributed by atoms with Crippen molar-refractivity contribution in [1.82, 2.24) is 19.9 Å². The van der Waals surface area contributed by atoms with Crippen LogP contribution in [0.15, 0.2) is 55.2 Å². The first-order valence-electron chi connectivity index (χ1n) is 13.6. The lowest BCUT2D eigenvalue weighted by Crippen LogP contribution is -2.18. The van der Waals surface area contributed by atoms with Gasteiger partial charge in [-0.3, -0.25) is 9.78 Å². The SMILES string of the molecule is CCOc1cc2ncc(CC(N)=O)c(Nc3cccc(CNCCCn4ccnc4)c3CC)c2cc1OCC. The van der Waals surface area contributed by atoms with Gasteiger partial charge in [-0.1, -0.05) is 19.1 Å². The lowest BCUT2D eigenvalue weighted by atomic mass is 10.0. The normalized spacial score (nSPS) is 11.1. The molecule has 2 aromatic heterocycles. The first kappa shape index (κ1) is 27.9. The van der Waals surface area contributed by atoms with Gasteiger partial charge in [0, 0.05) is 54.4 Å². The molecule has 206 valence electrons. The van der Waals surface area contributed by atoms with Crippen molar-refractivity contribution in [3.05, 3.63) is 71.9 Å². The van der Waals surface area contributed by atoms with E-state index in [4.69, 9.17) is 15.2 Å². The minimum atomic E-state index is -0.417. The molecule has 0 bridgehead atoms. The molecule has 4 N–H and O–H groups in total. The van der Waals surface area contributed by atoms with E-state index in [1.54, 1.807) is 12.4 Å². The minimum absolute atomic E-state index is 0.0715. The number of hydrogen-bond acceptors (Lipinski definition) is 7. The van der Waals surface area contributed by atoms with Crippen molar-refractivity contribution in [2.45, 2.75) is 53.1 Å². The molecule has 0 unspecified atom stereocenters. The number of carbonyl (C=O) groups excluding carboxylic acids is 1. The maximum atomic E-state index is 12.0. The monoisotopic (exact) mass is 530 g/mol. The molecule has 2 aromatic carbocycles. The number of imidazole rings is 1. The molecule has 0 radical (unpaired) electrons. The fourth-order valence-corrected chi connectivity index (χ4v) is 4.75. The summed E-state index contributed by atoms with van der Waals surface area (Å²) in [7, 11) is 0. The number of ether oxygens (including phenoxy) is 2. The second-order valence-electron chi connectivity index (χ2n) is 9.24. The molecule has 2 heterocycles. The molecule has 39 heavy (non-hydrogen) atoms. The molecule has 0 atom stereocenters. The number of amides is 1. The highest BCUT2D eigenvalue weighted by Crippen LogP contribution is 2.38. The van der Waals surface area contributed by atoms with Gasteiger partial charge in [0.05, 0.1) is 37.2 Å². The van der Waals surface area contributed by atoms with Gasteiger partial charge in [0.2, 0.25) is 5.91 Å². The summed E-state index contributed by atoms with van der Waals surface area (Å²) in [4.78, 5) is 20.7. The second-order valence-corrected chi connectivity index (χ2v) is 9.24. The fourth-order valence-electron chi connectivity index (χ4n) is 4.75. The van der Waals surface area contributed by atoms with Crippen molar-refractivity contribution in [3.63, 3.8) is 0 Å². The third kappa shape index (κ3) is 7.06. The summed E-state index contributed by atoms with van der Waals surface area (Å²) in [6.07, 6.45) is 9.27. The number of anilines is 2. The lowest BCUT2D eigenvalue weighted by molar-refractivity contribution is -0.117. The highest BCUT2D eigenvalue weighted by atomic mass is 16.5. The molecular formula is C30H38N6O3. The van der Waals surface area contributed by atoms with Crippen molar-refractivity contribution in [2.75, 3.05) is 25.1 Å². The molecular weight excluding hydrogens is 492 g/mol. The first-order valence-corrected chi connectivity index (χ1v) is 13.6. The number of primary amides is 1. The molecule has 0 fully saturated rings. The van der Waals surface area contributed by atoms with Gasteiger partial charge in [-0.05, 0) is 56.5 Å².